The average Bonchev–Trinajstić information content (AvgIpc) is 2.66. The minimum atomic E-state index is -0.486. The standard InChI is InChI=1S/C18H21N7O/c1-14-6-2-3-7-15(14)9-5-11-21-18(23-25-20)16-8-4-10-17(12-16)26-13-22-24-19/h2-4,6-8,10,12,18,21H,5,9,11,13H2,1H3/t18-/m0/s1. The van der Waals surface area contributed by atoms with Gasteiger partial charge in [-0.05, 0) is 66.2 Å². The molecule has 8 nitrogen and oxygen atoms in total. The molecule has 134 valence electrons. The van der Waals surface area contributed by atoms with Gasteiger partial charge in [-0.15, -0.1) is 0 Å². The van der Waals surface area contributed by atoms with Gasteiger partial charge in [0.25, 0.3) is 0 Å². The van der Waals surface area contributed by atoms with Crippen molar-refractivity contribution in [3.63, 3.8) is 0 Å². The van der Waals surface area contributed by atoms with E-state index < -0.39 is 6.17 Å². The molecule has 0 saturated heterocycles. The summed E-state index contributed by atoms with van der Waals surface area (Å²) in [6.07, 6.45) is 1.40. The molecule has 0 aliphatic carbocycles. The lowest BCUT2D eigenvalue weighted by Gasteiger charge is -2.15. The fourth-order valence-electron chi connectivity index (χ4n) is 2.59. The Kier molecular flexibility index (Phi) is 7.83. The highest BCUT2D eigenvalue weighted by Gasteiger charge is 2.09. The summed E-state index contributed by atoms with van der Waals surface area (Å²) in [5.41, 5.74) is 20.5. The van der Waals surface area contributed by atoms with Crippen molar-refractivity contribution < 1.29 is 4.74 Å². The van der Waals surface area contributed by atoms with Crippen LogP contribution in [0.1, 0.15) is 29.3 Å². The summed E-state index contributed by atoms with van der Waals surface area (Å²) >= 11 is 0. The van der Waals surface area contributed by atoms with Crippen LogP contribution in [-0.2, 0) is 6.42 Å². The van der Waals surface area contributed by atoms with Gasteiger partial charge in [-0.3, -0.25) is 0 Å². The van der Waals surface area contributed by atoms with E-state index in [9.17, 15) is 0 Å². The molecule has 0 fully saturated rings. The number of ether oxygens (including phenoxy) is 1. The van der Waals surface area contributed by atoms with Crippen molar-refractivity contribution in [1.82, 2.24) is 5.32 Å². The summed E-state index contributed by atoms with van der Waals surface area (Å²) in [5.74, 6) is 0.551. The predicted octanol–water partition coefficient (Wildman–Crippen LogP) is 5.17. The first-order valence-electron chi connectivity index (χ1n) is 8.30. The second-order valence-electron chi connectivity index (χ2n) is 5.67. The van der Waals surface area contributed by atoms with Crippen molar-refractivity contribution >= 4 is 0 Å². The molecule has 2 rings (SSSR count). The summed E-state index contributed by atoms with van der Waals surface area (Å²) in [6, 6.07) is 15.5. The summed E-state index contributed by atoms with van der Waals surface area (Å²) in [7, 11) is 0. The summed E-state index contributed by atoms with van der Waals surface area (Å²) < 4.78 is 5.33. The van der Waals surface area contributed by atoms with Gasteiger partial charge in [0.2, 0.25) is 0 Å². The normalized spacial score (nSPS) is 11.1. The molecule has 0 heterocycles. The molecule has 0 radical (unpaired) electrons. The predicted molar refractivity (Wildman–Crippen MR) is 100 cm³/mol. The van der Waals surface area contributed by atoms with Crippen molar-refractivity contribution in [1.29, 1.82) is 0 Å². The lowest BCUT2D eigenvalue weighted by molar-refractivity contribution is 0.328. The minimum Gasteiger partial charge on any atom is -0.488 e. The summed E-state index contributed by atoms with van der Waals surface area (Å²) in [5, 5.41) is 10.4. The van der Waals surface area contributed by atoms with Crippen LogP contribution in [0, 0.1) is 6.92 Å². The van der Waals surface area contributed by atoms with Crippen LogP contribution in [0.5, 0.6) is 5.75 Å². The Balaban J connectivity index is 1.93. The van der Waals surface area contributed by atoms with Crippen LogP contribution >= 0.6 is 0 Å². The first kappa shape index (κ1) is 19.1. The Morgan fingerprint density at radius 3 is 2.73 bits per heavy atom. The summed E-state index contributed by atoms with van der Waals surface area (Å²) in [4.78, 5) is 5.56. The highest BCUT2D eigenvalue weighted by atomic mass is 16.5. The number of nitrogens with zero attached hydrogens (tertiary/aromatic N) is 6. The van der Waals surface area contributed by atoms with E-state index >= 15 is 0 Å². The first-order chi connectivity index (χ1) is 12.7. The second kappa shape index (κ2) is 10.6. The third-order valence-corrected chi connectivity index (χ3v) is 3.91. The minimum absolute atomic E-state index is 0.0873. The topological polar surface area (TPSA) is 119 Å². The highest BCUT2D eigenvalue weighted by Crippen LogP contribution is 2.21. The highest BCUT2D eigenvalue weighted by molar-refractivity contribution is 5.30. The Hall–Kier alpha value is -3.18. The molecular weight excluding hydrogens is 330 g/mol. The lowest BCUT2D eigenvalue weighted by atomic mass is 10.0. The zero-order valence-electron chi connectivity index (χ0n) is 14.6. The van der Waals surface area contributed by atoms with Crippen LogP contribution in [0.3, 0.4) is 0 Å². The van der Waals surface area contributed by atoms with E-state index in [0.717, 1.165) is 18.4 Å². The maximum absolute atomic E-state index is 8.84. The third kappa shape index (κ3) is 6.03. The van der Waals surface area contributed by atoms with E-state index in [4.69, 9.17) is 15.8 Å². The molecule has 1 N–H and O–H groups in total. The van der Waals surface area contributed by atoms with Crippen LogP contribution in [0.15, 0.2) is 58.8 Å². The van der Waals surface area contributed by atoms with Crippen molar-refractivity contribution in [3.8, 4) is 5.75 Å². The zero-order chi connectivity index (χ0) is 18.6. The molecule has 0 spiro atoms. The fraction of sp³-hybridized carbons (Fsp3) is 0.333. The average molecular weight is 351 g/mol. The molecule has 2 aromatic carbocycles. The van der Waals surface area contributed by atoms with E-state index in [1.165, 1.54) is 11.1 Å². The lowest BCUT2D eigenvalue weighted by Crippen LogP contribution is -2.21. The third-order valence-electron chi connectivity index (χ3n) is 3.91. The van der Waals surface area contributed by atoms with Crippen LogP contribution in [0.4, 0.5) is 0 Å². The van der Waals surface area contributed by atoms with Crippen molar-refractivity contribution in [2.24, 2.45) is 10.2 Å². The van der Waals surface area contributed by atoms with Crippen LogP contribution in [0.25, 0.3) is 20.9 Å². The van der Waals surface area contributed by atoms with Gasteiger partial charge in [-0.25, -0.2) is 0 Å². The van der Waals surface area contributed by atoms with E-state index in [2.05, 4.69) is 44.4 Å². The largest absolute Gasteiger partial charge is 0.488 e. The molecule has 0 aromatic heterocycles. The van der Waals surface area contributed by atoms with Crippen molar-refractivity contribution in [3.05, 3.63) is 86.1 Å². The molecule has 26 heavy (non-hydrogen) atoms. The van der Waals surface area contributed by atoms with Gasteiger partial charge < -0.3 is 10.1 Å². The molecule has 1 atom stereocenters. The number of azide groups is 2. The Labute approximate surface area is 152 Å². The molecule has 0 saturated carbocycles. The van der Waals surface area contributed by atoms with E-state index in [0.29, 0.717) is 12.3 Å². The van der Waals surface area contributed by atoms with E-state index in [1.54, 1.807) is 18.2 Å². The number of hydrogen-bond donors (Lipinski definition) is 1. The van der Waals surface area contributed by atoms with Gasteiger partial charge in [-0.2, -0.15) is 0 Å². The first-order valence-corrected chi connectivity index (χ1v) is 8.30. The molecule has 0 bridgehead atoms. The summed E-state index contributed by atoms with van der Waals surface area (Å²) in [6.45, 7) is 2.73. The zero-order valence-corrected chi connectivity index (χ0v) is 14.6. The van der Waals surface area contributed by atoms with Crippen LogP contribution < -0.4 is 10.1 Å². The van der Waals surface area contributed by atoms with Crippen molar-refractivity contribution in [2.75, 3.05) is 13.3 Å². The maximum atomic E-state index is 8.84. The van der Waals surface area contributed by atoms with Crippen molar-refractivity contribution in [2.45, 2.75) is 25.9 Å². The van der Waals surface area contributed by atoms with Gasteiger partial charge in [-0.1, -0.05) is 46.6 Å². The van der Waals surface area contributed by atoms with Gasteiger partial charge in [0, 0.05) is 9.82 Å². The Morgan fingerprint density at radius 2 is 1.96 bits per heavy atom. The van der Waals surface area contributed by atoms with E-state index in [1.807, 2.05) is 18.2 Å². The second-order valence-corrected chi connectivity index (χ2v) is 5.67. The molecular formula is C18H21N7O. The van der Waals surface area contributed by atoms with Gasteiger partial charge in [0.1, 0.15) is 11.9 Å². The molecule has 0 aliphatic heterocycles. The number of nitrogens with one attached hydrogen (secondary N) is 1. The van der Waals surface area contributed by atoms with Crippen LogP contribution in [-0.4, -0.2) is 13.3 Å². The maximum Gasteiger partial charge on any atom is 0.167 e. The van der Waals surface area contributed by atoms with Gasteiger partial charge >= 0.3 is 0 Å². The number of rotatable bonds is 10. The molecule has 0 aliphatic rings. The molecule has 2 aromatic rings. The number of hydrogen-bond acceptors (Lipinski definition) is 4. The Bertz CT molecular complexity index is 811. The van der Waals surface area contributed by atoms with E-state index in [-0.39, 0.29) is 6.73 Å². The Morgan fingerprint density at radius 1 is 1.12 bits per heavy atom. The van der Waals surface area contributed by atoms with Gasteiger partial charge in [0.05, 0.1) is 0 Å². The number of aryl methyl sites for hydroxylation is 2. The smallest absolute Gasteiger partial charge is 0.167 e. The number of benzene rings is 2. The van der Waals surface area contributed by atoms with Gasteiger partial charge in [0.15, 0.2) is 6.73 Å². The van der Waals surface area contributed by atoms with Crippen LogP contribution in [0.2, 0.25) is 0 Å². The SMILES string of the molecule is Cc1ccccc1CCCN[C@@H](N=[N+]=[N-])c1cccc(OCN=[N+]=[N-])c1. The fourth-order valence-corrected chi connectivity index (χ4v) is 2.59. The molecule has 8 heteroatoms. The quantitative estimate of drug-likeness (QED) is 0.275. The molecule has 0 amide bonds. The molecule has 0 unspecified atom stereocenters. The monoisotopic (exact) mass is 351 g/mol.